The third kappa shape index (κ3) is 3.69. The summed E-state index contributed by atoms with van der Waals surface area (Å²) in [6.07, 6.45) is 6.95. The smallest absolute Gasteiger partial charge is 0.303 e. The minimum Gasteiger partial charge on any atom is -0.481 e. The zero-order valence-corrected chi connectivity index (χ0v) is 18.9. The van der Waals surface area contributed by atoms with Crippen LogP contribution < -0.4 is 10.9 Å². The zero-order valence-electron chi connectivity index (χ0n) is 17.4. The number of carboxylic acid groups (broad SMARTS) is 1. The average molecular weight is 480 g/mol. The molecule has 0 spiro atoms. The Morgan fingerprint density at radius 3 is 2.62 bits per heavy atom. The van der Waals surface area contributed by atoms with Crippen LogP contribution in [0.5, 0.6) is 0 Å². The Balaban J connectivity index is 1.43. The molecule has 0 amide bonds. The van der Waals surface area contributed by atoms with Crippen LogP contribution in [-0.4, -0.2) is 20.9 Å². The summed E-state index contributed by atoms with van der Waals surface area (Å²) in [6, 6.07) is 4.13. The third-order valence-electron chi connectivity index (χ3n) is 7.53. The summed E-state index contributed by atoms with van der Waals surface area (Å²) in [5, 5.41) is 17.4. The minimum atomic E-state index is -0.778. The highest BCUT2D eigenvalue weighted by atomic mass is 35.5. The highest BCUT2D eigenvalue weighted by molar-refractivity contribution is 6.33. The number of nitrogens with one attached hydrogen (secondary N) is 1. The minimum absolute atomic E-state index is 0.0428. The molecule has 9 heteroatoms. The summed E-state index contributed by atoms with van der Waals surface area (Å²) >= 11 is 12.5. The molecule has 1 aromatic carbocycles. The number of carbonyl (C=O) groups is 1. The van der Waals surface area contributed by atoms with Crippen LogP contribution in [0.15, 0.2) is 29.2 Å². The molecule has 4 saturated carbocycles. The first-order chi connectivity index (χ1) is 15.2. The maximum atomic E-state index is 13.3. The fraction of sp³-hybridized carbons (Fsp3) is 0.522. The van der Waals surface area contributed by atoms with Gasteiger partial charge in [-0.3, -0.25) is 9.59 Å². The summed E-state index contributed by atoms with van der Waals surface area (Å²) in [7, 11) is 0. The molecule has 2 N–H and O–H groups in total. The molecular weight excluding hydrogens is 456 g/mol. The van der Waals surface area contributed by atoms with Gasteiger partial charge < -0.3 is 10.4 Å². The maximum Gasteiger partial charge on any atom is 0.303 e. The normalized spacial score (nSPS) is 30.5. The van der Waals surface area contributed by atoms with Crippen LogP contribution in [-0.2, 0) is 16.9 Å². The monoisotopic (exact) mass is 479 g/mol. The molecule has 4 bridgehead atoms. The van der Waals surface area contributed by atoms with Crippen LogP contribution in [0.25, 0.3) is 0 Å². The Kier molecular flexibility index (Phi) is 5.25. The highest BCUT2D eigenvalue weighted by Crippen LogP contribution is 2.65. The quantitative estimate of drug-likeness (QED) is 0.603. The molecule has 4 fully saturated rings. The van der Waals surface area contributed by atoms with Crippen molar-refractivity contribution in [2.24, 2.45) is 17.3 Å². The van der Waals surface area contributed by atoms with Crippen molar-refractivity contribution >= 4 is 34.9 Å². The van der Waals surface area contributed by atoms with Crippen molar-refractivity contribution in [3.8, 4) is 0 Å². The molecule has 4 aliphatic rings. The second-order valence-corrected chi connectivity index (χ2v) is 10.7. The van der Waals surface area contributed by atoms with Gasteiger partial charge in [0.1, 0.15) is 10.8 Å². The lowest BCUT2D eigenvalue weighted by Gasteiger charge is -2.61. The van der Waals surface area contributed by atoms with E-state index in [2.05, 4.69) is 10.4 Å². The van der Waals surface area contributed by atoms with Gasteiger partial charge in [-0.2, -0.15) is 5.10 Å². The van der Waals surface area contributed by atoms with Gasteiger partial charge in [0, 0.05) is 11.6 Å². The number of hydrogen-bond donors (Lipinski definition) is 2. The second-order valence-electron chi connectivity index (χ2n) is 9.93. The number of anilines is 1. The Hall–Kier alpha value is -2.12. The number of rotatable bonds is 6. The molecule has 32 heavy (non-hydrogen) atoms. The van der Waals surface area contributed by atoms with Gasteiger partial charge in [0.2, 0.25) is 0 Å². The van der Waals surface area contributed by atoms with Crippen LogP contribution in [0, 0.1) is 23.1 Å². The molecule has 0 radical (unpaired) electrons. The Labute approximate surface area is 194 Å². The lowest BCUT2D eigenvalue weighted by atomic mass is 9.46. The molecule has 1 aromatic heterocycles. The molecule has 4 aliphatic carbocycles. The number of carboxylic acids is 1. The van der Waals surface area contributed by atoms with Gasteiger partial charge in [0.05, 0.1) is 23.8 Å². The van der Waals surface area contributed by atoms with Crippen LogP contribution in [0.3, 0.4) is 0 Å². The molecule has 2 unspecified atom stereocenters. The summed E-state index contributed by atoms with van der Waals surface area (Å²) in [5.74, 6) is -0.361. The van der Waals surface area contributed by atoms with Crippen molar-refractivity contribution in [2.45, 2.75) is 57.0 Å². The SMILES string of the molecule is O=C(O)CC12C[C@H]3C[C@@H](C1)CC(n1ncc(NCc4ccc(F)cc4Cl)c(Cl)c1=O)(C3)C2. The van der Waals surface area contributed by atoms with Gasteiger partial charge in [-0.05, 0) is 73.5 Å². The highest BCUT2D eigenvalue weighted by Gasteiger charge is 2.59. The predicted molar refractivity (Wildman–Crippen MR) is 120 cm³/mol. The number of benzene rings is 1. The van der Waals surface area contributed by atoms with Crippen LogP contribution >= 0.6 is 23.2 Å². The summed E-state index contributed by atoms with van der Waals surface area (Å²) in [6.45, 7) is 0.265. The maximum absolute atomic E-state index is 13.3. The average Bonchev–Trinajstić information content (AvgIpc) is 2.68. The largest absolute Gasteiger partial charge is 0.481 e. The standard InChI is InChI=1S/C23H24Cl2FN3O3/c24-17-4-16(26)2-1-15(17)10-27-18-11-28-29(21(32)20(18)25)23-7-13-3-14(8-23)6-22(5-13,12-23)9-19(30)31/h1-2,4,11,13-14,27H,3,5-10,12H2,(H,30,31)/t13-,14+,22?,23?. The van der Waals surface area contributed by atoms with Crippen molar-refractivity contribution < 1.29 is 14.3 Å². The summed E-state index contributed by atoms with van der Waals surface area (Å²) < 4.78 is 14.8. The number of hydrogen-bond acceptors (Lipinski definition) is 4. The second kappa shape index (κ2) is 7.73. The van der Waals surface area contributed by atoms with Gasteiger partial charge in [0.15, 0.2) is 0 Å². The first-order valence-corrected chi connectivity index (χ1v) is 11.6. The molecule has 2 aromatic rings. The van der Waals surface area contributed by atoms with Gasteiger partial charge in [-0.15, -0.1) is 0 Å². The molecule has 0 aliphatic heterocycles. The van der Waals surface area contributed by atoms with Crippen molar-refractivity contribution in [2.75, 3.05) is 5.32 Å². The van der Waals surface area contributed by atoms with E-state index < -0.39 is 17.3 Å². The van der Waals surface area contributed by atoms with Crippen molar-refractivity contribution in [1.29, 1.82) is 0 Å². The van der Waals surface area contributed by atoms with Gasteiger partial charge in [-0.1, -0.05) is 29.3 Å². The fourth-order valence-corrected chi connectivity index (χ4v) is 7.36. The van der Waals surface area contributed by atoms with E-state index in [4.69, 9.17) is 23.2 Å². The Bertz CT molecular complexity index is 1140. The van der Waals surface area contributed by atoms with Crippen LogP contribution in [0.2, 0.25) is 10.0 Å². The van der Waals surface area contributed by atoms with Crippen molar-refractivity contribution in [1.82, 2.24) is 9.78 Å². The summed E-state index contributed by atoms with van der Waals surface area (Å²) in [4.78, 5) is 24.9. The first-order valence-electron chi connectivity index (χ1n) is 10.9. The third-order valence-corrected chi connectivity index (χ3v) is 8.25. The molecule has 4 atom stereocenters. The topological polar surface area (TPSA) is 84.2 Å². The van der Waals surface area contributed by atoms with Crippen molar-refractivity contribution in [3.63, 3.8) is 0 Å². The van der Waals surface area contributed by atoms with E-state index in [0.717, 1.165) is 32.1 Å². The van der Waals surface area contributed by atoms with Gasteiger partial charge >= 0.3 is 5.97 Å². The van der Waals surface area contributed by atoms with E-state index >= 15 is 0 Å². The van der Waals surface area contributed by atoms with E-state index in [0.29, 0.717) is 29.5 Å². The molecule has 6 rings (SSSR count). The van der Waals surface area contributed by atoms with Gasteiger partial charge in [0.25, 0.3) is 5.56 Å². The molecule has 1 heterocycles. The first kappa shape index (κ1) is 21.7. The fourth-order valence-electron chi connectivity index (χ4n) is 6.93. The molecule has 6 nitrogen and oxygen atoms in total. The van der Waals surface area contributed by atoms with E-state index in [-0.39, 0.29) is 34.0 Å². The number of aromatic nitrogens is 2. The zero-order chi connectivity index (χ0) is 22.7. The Morgan fingerprint density at radius 1 is 1.25 bits per heavy atom. The number of nitrogens with zero attached hydrogens (tertiary/aromatic N) is 2. The predicted octanol–water partition coefficient (Wildman–Crippen LogP) is 5.07. The van der Waals surface area contributed by atoms with Crippen LogP contribution in [0.1, 0.15) is 50.5 Å². The molecular formula is C23H24Cl2FN3O3. The number of aliphatic carboxylic acids is 1. The van der Waals surface area contributed by atoms with E-state index in [9.17, 15) is 19.1 Å². The van der Waals surface area contributed by atoms with E-state index in [1.165, 1.54) is 16.8 Å². The molecule has 0 saturated heterocycles. The summed E-state index contributed by atoms with van der Waals surface area (Å²) in [5.41, 5.74) is -0.0451. The van der Waals surface area contributed by atoms with Crippen molar-refractivity contribution in [3.05, 3.63) is 56.2 Å². The lowest BCUT2D eigenvalue weighted by Crippen LogP contribution is -2.59. The Morgan fingerprint density at radius 2 is 1.97 bits per heavy atom. The van der Waals surface area contributed by atoms with Crippen LogP contribution in [0.4, 0.5) is 10.1 Å². The molecule has 170 valence electrons. The lowest BCUT2D eigenvalue weighted by molar-refractivity contribution is -0.151. The van der Waals surface area contributed by atoms with E-state index in [1.807, 2.05) is 0 Å². The van der Waals surface area contributed by atoms with Gasteiger partial charge in [-0.25, -0.2) is 9.07 Å². The van der Waals surface area contributed by atoms with E-state index in [1.54, 1.807) is 12.3 Å². The number of halogens is 3.